The quantitative estimate of drug-likeness (QED) is 0.595. The lowest BCUT2D eigenvalue weighted by Gasteiger charge is -2.36. The van der Waals surface area contributed by atoms with Crippen molar-refractivity contribution in [2.24, 2.45) is 10.4 Å². The van der Waals surface area contributed by atoms with E-state index < -0.39 is 12.1 Å². The highest BCUT2D eigenvalue weighted by Crippen LogP contribution is 2.53. The standard InChI is InChI=1S/C25H34F3N5/c1-29-15-24-13-18(14-24)33(16-24)22-11-5-3-2-4-10-19(30-22)23(25(26,27)28)21-12-20(31-32-21)17-8-6-7-9-17/h4,10-12,17-18,23,29H,2-3,5-9,13-16H2,1H3,(H,31,32)/b10-4+,22-11-,30-19+. The van der Waals surface area contributed by atoms with Crippen molar-refractivity contribution in [2.75, 3.05) is 20.1 Å². The van der Waals surface area contributed by atoms with Crippen molar-refractivity contribution >= 4 is 5.71 Å². The summed E-state index contributed by atoms with van der Waals surface area (Å²) >= 11 is 0. The Hall–Kier alpha value is -2.09. The van der Waals surface area contributed by atoms with Crippen molar-refractivity contribution in [3.8, 4) is 0 Å². The molecule has 5 nitrogen and oxygen atoms in total. The summed E-state index contributed by atoms with van der Waals surface area (Å²) in [6.45, 7) is 1.79. The van der Waals surface area contributed by atoms with Gasteiger partial charge < -0.3 is 10.2 Å². The third-order valence-electron chi connectivity index (χ3n) is 7.90. The number of alkyl halides is 3. The van der Waals surface area contributed by atoms with E-state index in [1.807, 2.05) is 19.2 Å². The molecule has 2 saturated carbocycles. The third kappa shape index (κ3) is 4.51. The minimum atomic E-state index is -4.47. The predicted molar refractivity (Wildman–Crippen MR) is 123 cm³/mol. The zero-order valence-electron chi connectivity index (χ0n) is 19.3. The Bertz CT molecular complexity index is 932. The number of hydrogen-bond acceptors (Lipinski definition) is 4. The molecular formula is C25H34F3N5. The van der Waals surface area contributed by atoms with E-state index in [4.69, 9.17) is 4.99 Å². The number of aromatic amines is 1. The molecule has 8 heteroatoms. The molecule has 0 amide bonds. The molecule has 5 aliphatic rings. The number of halogens is 3. The molecule has 0 aromatic carbocycles. The highest BCUT2D eigenvalue weighted by molar-refractivity contribution is 6.01. The minimum Gasteiger partial charge on any atom is -0.353 e. The molecule has 2 aliphatic carbocycles. The van der Waals surface area contributed by atoms with Crippen LogP contribution in [-0.4, -0.2) is 53.2 Å². The summed E-state index contributed by atoms with van der Waals surface area (Å²) < 4.78 is 43.4. The van der Waals surface area contributed by atoms with E-state index in [0.29, 0.717) is 11.9 Å². The van der Waals surface area contributed by atoms with Crippen molar-refractivity contribution in [3.63, 3.8) is 0 Å². The Labute approximate surface area is 193 Å². The first-order chi connectivity index (χ1) is 15.9. The van der Waals surface area contributed by atoms with Crippen molar-refractivity contribution in [1.82, 2.24) is 20.4 Å². The van der Waals surface area contributed by atoms with Gasteiger partial charge in [0, 0.05) is 36.2 Å². The lowest BCUT2D eigenvalue weighted by molar-refractivity contribution is -0.135. The fourth-order valence-electron chi connectivity index (χ4n) is 6.29. The number of fused-ring (bicyclic) bond motifs is 1. The van der Waals surface area contributed by atoms with E-state index in [9.17, 15) is 13.2 Å². The smallest absolute Gasteiger partial charge is 0.353 e. The maximum absolute atomic E-state index is 14.5. The number of H-pyrrole nitrogens is 1. The van der Waals surface area contributed by atoms with Crippen LogP contribution in [0.1, 0.15) is 81.0 Å². The van der Waals surface area contributed by atoms with Gasteiger partial charge in [-0.15, -0.1) is 0 Å². The fourth-order valence-corrected chi connectivity index (χ4v) is 6.29. The molecule has 3 aliphatic heterocycles. The number of hydrogen-bond donors (Lipinski definition) is 2. The summed E-state index contributed by atoms with van der Waals surface area (Å²) in [5, 5.41) is 10.4. The number of aromatic nitrogens is 2. The molecule has 180 valence electrons. The largest absolute Gasteiger partial charge is 0.402 e. The number of nitrogens with zero attached hydrogens (tertiary/aromatic N) is 3. The Balaban J connectivity index is 1.48. The normalized spacial score (nSPS) is 33.3. The van der Waals surface area contributed by atoms with E-state index in [-0.39, 0.29) is 22.7 Å². The lowest BCUT2D eigenvalue weighted by Crippen LogP contribution is -2.41. The summed E-state index contributed by atoms with van der Waals surface area (Å²) in [5.41, 5.74) is 1.14. The maximum Gasteiger partial charge on any atom is 0.402 e. The SMILES string of the molecule is CNCC12CC(C1)N(C1=C\CCC/C=C/C(C(c3cc(C4CCCC4)[nH]n3)C(F)(F)F)=N\1)C2. The second-order valence-electron chi connectivity index (χ2n) is 10.4. The Morgan fingerprint density at radius 3 is 2.73 bits per heavy atom. The second-order valence-corrected chi connectivity index (χ2v) is 10.4. The van der Waals surface area contributed by atoms with Crippen molar-refractivity contribution in [1.29, 1.82) is 0 Å². The fraction of sp³-hybridized carbons (Fsp3) is 0.680. The van der Waals surface area contributed by atoms with Gasteiger partial charge in [0.2, 0.25) is 0 Å². The molecule has 0 spiro atoms. The maximum atomic E-state index is 14.5. The zero-order chi connectivity index (χ0) is 23.1. The van der Waals surface area contributed by atoms with Crippen molar-refractivity contribution in [3.05, 3.63) is 41.5 Å². The zero-order valence-corrected chi connectivity index (χ0v) is 19.3. The monoisotopic (exact) mass is 461 g/mol. The molecular weight excluding hydrogens is 427 g/mol. The highest BCUT2D eigenvalue weighted by atomic mass is 19.4. The predicted octanol–water partition coefficient (Wildman–Crippen LogP) is 5.42. The summed E-state index contributed by atoms with van der Waals surface area (Å²) in [7, 11) is 1.96. The summed E-state index contributed by atoms with van der Waals surface area (Å²) in [5.74, 6) is -0.836. The van der Waals surface area contributed by atoms with Gasteiger partial charge in [0.25, 0.3) is 0 Å². The molecule has 1 aromatic rings. The van der Waals surface area contributed by atoms with Gasteiger partial charge in [-0.2, -0.15) is 18.3 Å². The number of allylic oxidation sites excluding steroid dienone is 3. The molecule has 2 N–H and O–H groups in total. The Kier molecular flexibility index (Phi) is 6.14. The van der Waals surface area contributed by atoms with Crippen LogP contribution in [-0.2, 0) is 0 Å². The molecule has 1 unspecified atom stereocenters. The van der Waals surface area contributed by atoms with Gasteiger partial charge in [-0.05, 0) is 70.2 Å². The summed E-state index contributed by atoms with van der Waals surface area (Å²) in [6.07, 6.45) is 9.91. The molecule has 1 aromatic heterocycles. The Morgan fingerprint density at radius 2 is 2.00 bits per heavy atom. The van der Waals surface area contributed by atoms with Crippen molar-refractivity contribution < 1.29 is 13.2 Å². The van der Waals surface area contributed by atoms with Gasteiger partial charge in [-0.3, -0.25) is 5.10 Å². The van der Waals surface area contributed by atoms with Gasteiger partial charge >= 0.3 is 6.18 Å². The van der Waals surface area contributed by atoms with E-state index >= 15 is 0 Å². The number of nitrogens with one attached hydrogen (secondary N) is 2. The first kappa shape index (κ1) is 22.7. The van der Waals surface area contributed by atoms with Crippen LogP contribution in [0.15, 0.2) is 35.1 Å². The lowest BCUT2D eigenvalue weighted by atomic mass is 9.70. The summed E-state index contributed by atoms with van der Waals surface area (Å²) in [4.78, 5) is 6.97. The van der Waals surface area contributed by atoms with E-state index in [1.54, 1.807) is 12.1 Å². The third-order valence-corrected chi connectivity index (χ3v) is 7.90. The van der Waals surface area contributed by atoms with E-state index in [0.717, 1.165) is 76.6 Å². The van der Waals surface area contributed by atoms with Crippen LogP contribution in [0.25, 0.3) is 0 Å². The van der Waals surface area contributed by atoms with Gasteiger partial charge in [0.05, 0.1) is 11.4 Å². The molecule has 4 heterocycles. The molecule has 0 radical (unpaired) electrons. The van der Waals surface area contributed by atoms with Gasteiger partial charge in [-0.25, -0.2) is 4.99 Å². The minimum absolute atomic E-state index is 0.0313. The molecule has 33 heavy (non-hydrogen) atoms. The van der Waals surface area contributed by atoms with Crippen LogP contribution in [0, 0.1) is 5.41 Å². The highest BCUT2D eigenvalue weighted by Gasteiger charge is 2.55. The van der Waals surface area contributed by atoms with Crippen molar-refractivity contribution in [2.45, 2.75) is 81.8 Å². The van der Waals surface area contributed by atoms with Crippen LogP contribution in [0.4, 0.5) is 13.2 Å². The summed E-state index contributed by atoms with van der Waals surface area (Å²) in [6, 6.07) is 2.01. The van der Waals surface area contributed by atoms with E-state index in [1.165, 1.54) is 0 Å². The Morgan fingerprint density at radius 1 is 1.21 bits per heavy atom. The number of rotatable bonds is 6. The second kappa shape index (κ2) is 8.93. The van der Waals surface area contributed by atoms with Gasteiger partial charge in [0.1, 0.15) is 11.7 Å². The first-order valence-electron chi connectivity index (χ1n) is 12.4. The van der Waals surface area contributed by atoms with Crippen LogP contribution >= 0.6 is 0 Å². The molecule has 4 fully saturated rings. The first-order valence-corrected chi connectivity index (χ1v) is 12.4. The van der Waals surface area contributed by atoms with Gasteiger partial charge in [0.15, 0.2) is 0 Å². The van der Waals surface area contributed by atoms with Gasteiger partial charge in [-0.1, -0.05) is 18.9 Å². The molecule has 2 bridgehead atoms. The number of aliphatic imine (C=N–C) groups is 1. The van der Waals surface area contributed by atoms with Crippen LogP contribution in [0.5, 0.6) is 0 Å². The van der Waals surface area contributed by atoms with Crippen LogP contribution < -0.4 is 5.32 Å². The van der Waals surface area contributed by atoms with Crippen LogP contribution in [0.3, 0.4) is 0 Å². The molecule has 2 saturated heterocycles. The topological polar surface area (TPSA) is 56.3 Å². The average Bonchev–Trinajstić information content (AvgIpc) is 3.51. The van der Waals surface area contributed by atoms with Crippen LogP contribution in [0.2, 0.25) is 0 Å². The average molecular weight is 462 g/mol. The molecule has 6 rings (SSSR count). The van der Waals surface area contributed by atoms with E-state index in [2.05, 4.69) is 20.4 Å². The molecule has 1 atom stereocenters.